The molecule has 1 aliphatic heterocycles. The van der Waals surface area contributed by atoms with Gasteiger partial charge in [0.25, 0.3) is 0 Å². The van der Waals surface area contributed by atoms with E-state index in [-0.39, 0.29) is 38.2 Å². The molecule has 0 spiro atoms. The Balaban J connectivity index is 1.56. The second kappa shape index (κ2) is 21.7. The Morgan fingerprint density at radius 3 is 1.94 bits per heavy atom. The number of nitrogens with one attached hydrogen (secondary N) is 2. The molecule has 0 bridgehead atoms. The first-order valence-corrected chi connectivity index (χ1v) is 16.3. The summed E-state index contributed by atoms with van der Waals surface area (Å²) in [6.45, 7) is 3.77. The Kier molecular flexibility index (Phi) is 17.4. The molecule has 2 aromatic rings. The molecule has 3 atom stereocenters. The van der Waals surface area contributed by atoms with Crippen molar-refractivity contribution >= 4 is 23.6 Å². The molecule has 0 radical (unpaired) electrons. The van der Waals surface area contributed by atoms with Crippen LogP contribution >= 0.6 is 0 Å². The summed E-state index contributed by atoms with van der Waals surface area (Å²) in [5.74, 6) is -1.93. The van der Waals surface area contributed by atoms with Crippen LogP contribution in [0.15, 0.2) is 54.6 Å². The fourth-order valence-corrected chi connectivity index (χ4v) is 5.20. The average Bonchev–Trinajstić information content (AvgIpc) is 3.58. The quantitative estimate of drug-likeness (QED) is 0.100. The van der Waals surface area contributed by atoms with Crippen LogP contribution in [0, 0.1) is 0 Å². The lowest BCUT2D eigenvalue weighted by Gasteiger charge is -2.29. The summed E-state index contributed by atoms with van der Waals surface area (Å²) in [7, 11) is 0. The van der Waals surface area contributed by atoms with E-state index in [1.165, 1.54) is 17.0 Å². The van der Waals surface area contributed by atoms with Gasteiger partial charge in [0, 0.05) is 32.4 Å². The van der Waals surface area contributed by atoms with Gasteiger partial charge in [-0.15, -0.1) is 0 Å². The average molecular weight is 672 g/mol. The topological polar surface area (TPSA) is 205 Å². The highest BCUT2D eigenvalue weighted by molar-refractivity contribution is 5.94. The number of primary amides is 1. The molecular weight excluding hydrogens is 622 g/mol. The Hall–Kier alpha value is -4.08. The van der Waals surface area contributed by atoms with Gasteiger partial charge in [0.15, 0.2) is 0 Å². The zero-order valence-electron chi connectivity index (χ0n) is 27.3. The lowest BCUT2D eigenvalue weighted by atomic mass is 10.0. The maximum atomic E-state index is 13.8. The van der Waals surface area contributed by atoms with Gasteiger partial charge in [-0.3, -0.25) is 19.2 Å². The summed E-state index contributed by atoms with van der Waals surface area (Å²) in [5.41, 5.74) is 12.4. The number of nitrogens with zero attached hydrogens (tertiary/aromatic N) is 1. The lowest BCUT2D eigenvalue weighted by Crippen LogP contribution is -2.57. The number of nitrogens with two attached hydrogens (primary N) is 2. The van der Waals surface area contributed by atoms with Crippen molar-refractivity contribution in [1.82, 2.24) is 15.5 Å². The molecule has 7 N–H and O–H groups in total. The second-order valence-electron chi connectivity index (χ2n) is 11.3. The highest BCUT2D eigenvalue weighted by Crippen LogP contribution is 2.20. The largest absolute Gasteiger partial charge is 0.508 e. The van der Waals surface area contributed by atoms with Crippen LogP contribution in [-0.2, 0) is 51.0 Å². The number of carbonyl (C=O) groups is 4. The zero-order valence-corrected chi connectivity index (χ0v) is 27.3. The molecule has 264 valence electrons. The van der Waals surface area contributed by atoms with Gasteiger partial charge in [-0.25, -0.2) is 0 Å². The van der Waals surface area contributed by atoms with E-state index in [0.717, 1.165) is 5.56 Å². The standard InChI is InChI=1S/C34H49N5O9/c35-13-16-46-18-20-48-22-21-47-19-17-45-15-12-31(41)37-28(23-26-8-10-27(40)11-9-26)33(43)38-29(24-25-5-2-1-3-6-25)34(44)39-14-4-7-30(39)32(36)42/h1-3,5-6,8-11,28-30,40H,4,7,12-24,35H2,(H2,36,42)(H,37,41)(H,38,43)/t28-,29-,30-/m0/s1. The van der Waals surface area contributed by atoms with Crippen molar-refractivity contribution in [2.75, 3.05) is 65.9 Å². The molecule has 48 heavy (non-hydrogen) atoms. The fraction of sp³-hybridized carbons (Fsp3) is 0.529. The van der Waals surface area contributed by atoms with E-state index in [2.05, 4.69) is 10.6 Å². The van der Waals surface area contributed by atoms with E-state index in [1.54, 1.807) is 12.1 Å². The van der Waals surface area contributed by atoms with Gasteiger partial charge in [0.1, 0.15) is 23.9 Å². The van der Waals surface area contributed by atoms with Crippen molar-refractivity contribution in [2.45, 2.75) is 50.2 Å². The number of phenols is 1. The van der Waals surface area contributed by atoms with Gasteiger partial charge in [0.2, 0.25) is 23.6 Å². The minimum absolute atomic E-state index is 0.00822. The van der Waals surface area contributed by atoms with Gasteiger partial charge in [0.05, 0.1) is 52.9 Å². The Bertz CT molecular complexity index is 1270. The van der Waals surface area contributed by atoms with Crippen LogP contribution in [0.25, 0.3) is 0 Å². The summed E-state index contributed by atoms with van der Waals surface area (Å²) in [6.07, 6.45) is 1.36. The van der Waals surface area contributed by atoms with E-state index < -0.39 is 41.8 Å². The molecule has 0 aliphatic carbocycles. The number of rotatable bonds is 23. The number of aromatic hydroxyl groups is 1. The highest BCUT2D eigenvalue weighted by Gasteiger charge is 2.37. The first-order valence-electron chi connectivity index (χ1n) is 16.3. The second-order valence-corrected chi connectivity index (χ2v) is 11.3. The van der Waals surface area contributed by atoms with E-state index in [4.69, 9.17) is 30.4 Å². The minimum atomic E-state index is -1.04. The summed E-state index contributed by atoms with van der Waals surface area (Å²) in [6, 6.07) is 12.7. The number of hydrogen-bond donors (Lipinski definition) is 5. The molecular formula is C34H49N5O9. The van der Waals surface area contributed by atoms with Gasteiger partial charge in [-0.05, 0) is 36.1 Å². The molecule has 1 fully saturated rings. The van der Waals surface area contributed by atoms with E-state index in [9.17, 15) is 24.3 Å². The van der Waals surface area contributed by atoms with Crippen LogP contribution in [0.2, 0.25) is 0 Å². The van der Waals surface area contributed by atoms with E-state index >= 15 is 0 Å². The molecule has 14 nitrogen and oxygen atoms in total. The minimum Gasteiger partial charge on any atom is -0.508 e. The number of likely N-dealkylation sites (tertiary alicyclic amines) is 1. The number of carbonyl (C=O) groups excluding carboxylic acids is 4. The molecule has 0 aromatic heterocycles. The van der Waals surface area contributed by atoms with Crippen LogP contribution in [-0.4, -0.2) is 118 Å². The van der Waals surface area contributed by atoms with Crippen molar-refractivity contribution in [1.29, 1.82) is 0 Å². The summed E-state index contributed by atoms with van der Waals surface area (Å²) >= 11 is 0. The van der Waals surface area contributed by atoms with Crippen LogP contribution in [0.4, 0.5) is 0 Å². The fourth-order valence-electron chi connectivity index (χ4n) is 5.20. The van der Waals surface area contributed by atoms with E-state index in [0.29, 0.717) is 71.1 Å². The lowest BCUT2D eigenvalue weighted by molar-refractivity contribution is -0.141. The van der Waals surface area contributed by atoms with Crippen LogP contribution < -0.4 is 22.1 Å². The number of hydrogen-bond acceptors (Lipinski definition) is 10. The van der Waals surface area contributed by atoms with E-state index in [1.807, 2.05) is 30.3 Å². The molecule has 1 heterocycles. The highest BCUT2D eigenvalue weighted by atomic mass is 16.6. The molecule has 4 amide bonds. The molecule has 0 unspecified atom stereocenters. The third-order valence-electron chi connectivity index (χ3n) is 7.64. The summed E-state index contributed by atoms with van der Waals surface area (Å²) in [5, 5.41) is 15.3. The van der Waals surface area contributed by atoms with Crippen molar-refractivity contribution in [3.8, 4) is 5.75 Å². The van der Waals surface area contributed by atoms with Gasteiger partial charge in [-0.2, -0.15) is 0 Å². The van der Waals surface area contributed by atoms with Gasteiger partial charge < -0.3 is 51.1 Å². The number of benzene rings is 2. The Morgan fingerprint density at radius 1 is 0.771 bits per heavy atom. The third-order valence-corrected chi connectivity index (χ3v) is 7.64. The van der Waals surface area contributed by atoms with Gasteiger partial charge in [-0.1, -0.05) is 42.5 Å². The number of phenolic OH excluding ortho intramolecular Hbond substituents is 1. The Labute approximate surface area is 281 Å². The maximum Gasteiger partial charge on any atom is 0.246 e. The molecule has 2 aromatic carbocycles. The smallest absolute Gasteiger partial charge is 0.246 e. The number of ether oxygens (including phenoxy) is 4. The van der Waals surface area contributed by atoms with Crippen molar-refractivity contribution in [3.63, 3.8) is 0 Å². The van der Waals surface area contributed by atoms with Crippen molar-refractivity contribution in [3.05, 3.63) is 65.7 Å². The molecule has 1 aliphatic rings. The van der Waals surface area contributed by atoms with Crippen LogP contribution in [0.1, 0.15) is 30.4 Å². The van der Waals surface area contributed by atoms with Crippen molar-refractivity contribution < 1.29 is 43.2 Å². The molecule has 14 heteroatoms. The third kappa shape index (κ3) is 14.0. The maximum absolute atomic E-state index is 13.8. The SMILES string of the molecule is NCCOCCOCCOCCOCCC(=O)N[C@@H](Cc1ccc(O)cc1)C(=O)N[C@@H](Cc1ccccc1)C(=O)N1CCC[C@H]1C(N)=O. The molecule has 3 rings (SSSR count). The molecule has 0 saturated carbocycles. The predicted molar refractivity (Wildman–Crippen MR) is 177 cm³/mol. The first-order chi connectivity index (χ1) is 23.3. The summed E-state index contributed by atoms with van der Waals surface area (Å²) in [4.78, 5) is 53.9. The van der Waals surface area contributed by atoms with Crippen LogP contribution in [0.3, 0.4) is 0 Å². The zero-order chi connectivity index (χ0) is 34.6. The van der Waals surface area contributed by atoms with Gasteiger partial charge >= 0.3 is 0 Å². The number of amides is 4. The predicted octanol–water partition coefficient (Wildman–Crippen LogP) is 0.0385. The monoisotopic (exact) mass is 671 g/mol. The first kappa shape index (κ1) is 38.4. The summed E-state index contributed by atoms with van der Waals surface area (Å²) < 4.78 is 21.6. The Morgan fingerprint density at radius 2 is 1.33 bits per heavy atom. The molecule has 1 saturated heterocycles. The van der Waals surface area contributed by atoms with Crippen LogP contribution in [0.5, 0.6) is 5.75 Å². The normalized spacial score (nSPS) is 15.5. The van der Waals surface area contributed by atoms with Crippen molar-refractivity contribution in [2.24, 2.45) is 11.5 Å².